The van der Waals surface area contributed by atoms with Crippen LogP contribution in [0.5, 0.6) is 0 Å². The number of aliphatic carboxylic acids is 1. The van der Waals surface area contributed by atoms with Gasteiger partial charge in [0.05, 0.1) is 0 Å². The van der Waals surface area contributed by atoms with E-state index in [0.717, 1.165) is 17.7 Å². The van der Waals surface area contributed by atoms with Gasteiger partial charge in [0.1, 0.15) is 5.41 Å². The number of nitrogens with zero attached hydrogens (tertiary/aromatic N) is 1. The number of carbonyl (C=O) groups is 3. The van der Waals surface area contributed by atoms with Crippen LogP contribution in [0.3, 0.4) is 0 Å². The number of anilines is 2. The smallest absolute Gasteiger partial charge is 0.319 e. The van der Waals surface area contributed by atoms with Gasteiger partial charge < -0.3 is 15.3 Å². The number of carbonyl (C=O) groups excluding carboxylic acids is 2. The molecule has 1 aromatic carbocycles. The highest BCUT2D eigenvalue weighted by molar-refractivity contribution is 6.11. The minimum atomic E-state index is -1.25. The Morgan fingerprint density at radius 1 is 1.29 bits per heavy atom. The normalized spacial score (nSPS) is 18.0. The molecule has 1 fully saturated rings. The Hall–Kier alpha value is -2.37. The van der Waals surface area contributed by atoms with Crippen LogP contribution >= 0.6 is 0 Å². The first kappa shape index (κ1) is 13.6. The van der Waals surface area contributed by atoms with Crippen molar-refractivity contribution in [3.8, 4) is 0 Å². The lowest BCUT2D eigenvalue weighted by Gasteiger charge is -2.15. The molecule has 0 saturated heterocycles. The van der Waals surface area contributed by atoms with Crippen LogP contribution in [0.1, 0.15) is 25.3 Å². The molecular formula is C15H16N2O4. The number of nitrogens with one attached hydrogen (secondary N) is 1. The Morgan fingerprint density at radius 3 is 2.57 bits per heavy atom. The van der Waals surface area contributed by atoms with E-state index in [1.54, 1.807) is 17.0 Å². The third-order valence-electron chi connectivity index (χ3n) is 4.21. The summed E-state index contributed by atoms with van der Waals surface area (Å²) < 4.78 is 0. The van der Waals surface area contributed by atoms with Gasteiger partial charge in [0.2, 0.25) is 11.8 Å². The van der Waals surface area contributed by atoms with Gasteiger partial charge in [-0.25, -0.2) is 0 Å². The van der Waals surface area contributed by atoms with Crippen molar-refractivity contribution in [2.24, 2.45) is 5.41 Å². The molecule has 6 nitrogen and oxygen atoms in total. The van der Waals surface area contributed by atoms with E-state index in [4.69, 9.17) is 5.11 Å². The number of amides is 2. The van der Waals surface area contributed by atoms with E-state index in [1.807, 2.05) is 6.07 Å². The average Bonchev–Trinajstić information content (AvgIpc) is 3.13. The molecule has 0 unspecified atom stereocenters. The molecule has 2 amide bonds. The second-order valence-electron chi connectivity index (χ2n) is 5.61. The van der Waals surface area contributed by atoms with Gasteiger partial charge in [-0.05, 0) is 43.0 Å². The highest BCUT2D eigenvalue weighted by atomic mass is 16.4. The maximum absolute atomic E-state index is 12.1. The van der Waals surface area contributed by atoms with E-state index in [9.17, 15) is 14.4 Å². The first-order valence-corrected chi connectivity index (χ1v) is 6.90. The van der Waals surface area contributed by atoms with Gasteiger partial charge in [-0.15, -0.1) is 0 Å². The highest BCUT2D eigenvalue weighted by Crippen LogP contribution is 2.47. The summed E-state index contributed by atoms with van der Waals surface area (Å²) >= 11 is 0. The molecule has 0 radical (unpaired) electrons. The number of carboxylic acids is 1. The number of benzene rings is 1. The molecule has 110 valence electrons. The number of hydrogen-bond acceptors (Lipinski definition) is 3. The fourth-order valence-corrected chi connectivity index (χ4v) is 2.72. The van der Waals surface area contributed by atoms with Gasteiger partial charge in [0.15, 0.2) is 0 Å². The van der Waals surface area contributed by atoms with E-state index in [2.05, 4.69) is 5.32 Å². The first-order chi connectivity index (χ1) is 9.94. The van der Waals surface area contributed by atoms with Gasteiger partial charge in [-0.2, -0.15) is 0 Å². The third-order valence-corrected chi connectivity index (χ3v) is 4.21. The summed E-state index contributed by atoms with van der Waals surface area (Å²) in [5, 5.41) is 11.8. The third kappa shape index (κ3) is 2.16. The zero-order valence-electron chi connectivity index (χ0n) is 11.7. The molecule has 21 heavy (non-hydrogen) atoms. The zero-order valence-corrected chi connectivity index (χ0v) is 11.7. The molecule has 0 spiro atoms. The Kier molecular flexibility index (Phi) is 2.97. The molecule has 6 heteroatoms. The maximum Gasteiger partial charge on any atom is 0.319 e. The highest BCUT2D eigenvalue weighted by Gasteiger charge is 2.57. The SMILES string of the molecule is CC(=O)N1CCc2cc(NC(=O)C3(C(=O)O)CC3)ccc21. The molecule has 1 heterocycles. The Bertz CT molecular complexity index is 649. The van der Waals surface area contributed by atoms with Crippen LogP contribution in [0.25, 0.3) is 0 Å². The van der Waals surface area contributed by atoms with Crippen molar-refractivity contribution in [1.82, 2.24) is 0 Å². The topological polar surface area (TPSA) is 86.7 Å². The number of rotatable bonds is 3. The van der Waals surface area contributed by atoms with E-state index in [0.29, 0.717) is 25.1 Å². The van der Waals surface area contributed by atoms with Crippen LogP contribution in [0.2, 0.25) is 0 Å². The molecular weight excluding hydrogens is 272 g/mol. The minimum Gasteiger partial charge on any atom is -0.480 e. The van der Waals surface area contributed by atoms with E-state index >= 15 is 0 Å². The van der Waals surface area contributed by atoms with Crippen molar-refractivity contribution in [2.45, 2.75) is 26.2 Å². The summed E-state index contributed by atoms with van der Waals surface area (Å²) in [6.45, 7) is 2.16. The van der Waals surface area contributed by atoms with E-state index in [-0.39, 0.29) is 5.91 Å². The van der Waals surface area contributed by atoms with Crippen molar-refractivity contribution < 1.29 is 19.5 Å². The molecule has 1 aliphatic heterocycles. The standard InChI is InChI=1S/C15H16N2O4/c1-9(18)17-7-4-10-8-11(2-3-12(10)17)16-13(19)15(5-6-15)14(20)21/h2-3,8H,4-7H2,1H3,(H,16,19)(H,20,21). The zero-order chi connectivity index (χ0) is 15.2. The summed E-state index contributed by atoms with van der Waals surface area (Å²) in [6.07, 6.45) is 1.51. The predicted octanol–water partition coefficient (Wildman–Crippen LogP) is 1.40. The second-order valence-corrected chi connectivity index (χ2v) is 5.61. The number of carboxylic acid groups (broad SMARTS) is 1. The fourth-order valence-electron chi connectivity index (χ4n) is 2.72. The van der Waals surface area contributed by atoms with Gasteiger partial charge >= 0.3 is 5.97 Å². The number of hydrogen-bond donors (Lipinski definition) is 2. The molecule has 1 aromatic rings. The second kappa shape index (κ2) is 4.58. The van der Waals surface area contributed by atoms with Crippen molar-refractivity contribution in [1.29, 1.82) is 0 Å². The van der Waals surface area contributed by atoms with Crippen LogP contribution in [-0.4, -0.2) is 29.4 Å². The van der Waals surface area contributed by atoms with Crippen molar-refractivity contribution >= 4 is 29.2 Å². The van der Waals surface area contributed by atoms with Crippen LogP contribution < -0.4 is 10.2 Å². The quantitative estimate of drug-likeness (QED) is 0.823. The molecule has 0 aromatic heterocycles. The Labute approximate surface area is 121 Å². The van der Waals surface area contributed by atoms with E-state index < -0.39 is 17.3 Å². The van der Waals surface area contributed by atoms with Crippen LogP contribution in [0.15, 0.2) is 18.2 Å². The van der Waals surface area contributed by atoms with Crippen molar-refractivity contribution in [3.63, 3.8) is 0 Å². The lowest BCUT2D eigenvalue weighted by Crippen LogP contribution is -2.31. The summed E-state index contributed by atoms with van der Waals surface area (Å²) in [5.41, 5.74) is 1.18. The van der Waals surface area contributed by atoms with Gasteiger partial charge in [0.25, 0.3) is 0 Å². The van der Waals surface area contributed by atoms with Crippen molar-refractivity contribution in [2.75, 3.05) is 16.8 Å². The monoisotopic (exact) mass is 288 g/mol. The lowest BCUT2D eigenvalue weighted by molar-refractivity contribution is -0.147. The molecule has 0 atom stereocenters. The summed E-state index contributed by atoms with van der Waals surface area (Å²) in [7, 11) is 0. The van der Waals surface area contributed by atoms with E-state index in [1.165, 1.54) is 6.92 Å². The molecule has 2 N–H and O–H groups in total. The summed E-state index contributed by atoms with van der Waals surface area (Å²) in [5.74, 6) is -1.53. The number of fused-ring (bicyclic) bond motifs is 1. The minimum absolute atomic E-state index is 0.00616. The molecule has 1 saturated carbocycles. The molecule has 0 bridgehead atoms. The molecule has 1 aliphatic carbocycles. The van der Waals surface area contributed by atoms with Crippen LogP contribution in [0, 0.1) is 5.41 Å². The summed E-state index contributed by atoms with van der Waals surface area (Å²) in [4.78, 5) is 36.3. The van der Waals surface area contributed by atoms with Crippen LogP contribution in [0.4, 0.5) is 11.4 Å². The fraction of sp³-hybridized carbons (Fsp3) is 0.400. The van der Waals surface area contributed by atoms with Crippen molar-refractivity contribution in [3.05, 3.63) is 23.8 Å². The largest absolute Gasteiger partial charge is 0.480 e. The lowest BCUT2D eigenvalue weighted by atomic mass is 10.1. The van der Waals surface area contributed by atoms with Crippen LogP contribution in [-0.2, 0) is 20.8 Å². The first-order valence-electron chi connectivity index (χ1n) is 6.90. The van der Waals surface area contributed by atoms with Gasteiger partial charge in [-0.3, -0.25) is 14.4 Å². The average molecular weight is 288 g/mol. The maximum atomic E-state index is 12.1. The van der Waals surface area contributed by atoms with Gasteiger partial charge in [-0.1, -0.05) is 0 Å². The molecule has 3 rings (SSSR count). The Morgan fingerprint density at radius 2 is 2.00 bits per heavy atom. The summed E-state index contributed by atoms with van der Waals surface area (Å²) in [6, 6.07) is 5.31. The Balaban J connectivity index is 1.79. The predicted molar refractivity (Wildman–Crippen MR) is 76.1 cm³/mol. The van der Waals surface area contributed by atoms with Gasteiger partial charge in [0, 0.05) is 24.8 Å². The molecule has 2 aliphatic rings.